The fourth-order valence-electron chi connectivity index (χ4n) is 1.47. The quantitative estimate of drug-likeness (QED) is 0.595. The third kappa shape index (κ3) is 1.37. The molecule has 0 fully saturated rings. The minimum absolute atomic E-state index is 0.265. The molecule has 66 valence electrons. The van der Waals surface area contributed by atoms with Crippen molar-refractivity contribution in [3.05, 3.63) is 35.1 Å². The molecule has 0 radical (unpaired) electrons. The number of halogens is 1. The van der Waals surface area contributed by atoms with E-state index in [4.69, 9.17) is 0 Å². The second-order valence-electron chi connectivity index (χ2n) is 3.13. The standard InChI is InChI=1S/C10H8FNO/c1-6-4-7-5-8(11)2-3-9(7)10(13)12-6/h2-3,5H,4H2,1H3. The van der Waals surface area contributed by atoms with Gasteiger partial charge in [0.2, 0.25) is 0 Å². The van der Waals surface area contributed by atoms with Crippen LogP contribution in [0, 0.1) is 5.82 Å². The molecule has 1 heterocycles. The Morgan fingerprint density at radius 1 is 1.46 bits per heavy atom. The van der Waals surface area contributed by atoms with E-state index in [0.29, 0.717) is 12.0 Å². The van der Waals surface area contributed by atoms with Crippen LogP contribution in [-0.2, 0) is 6.42 Å². The van der Waals surface area contributed by atoms with E-state index >= 15 is 0 Å². The molecule has 0 saturated carbocycles. The van der Waals surface area contributed by atoms with Crippen LogP contribution in [0.25, 0.3) is 0 Å². The summed E-state index contributed by atoms with van der Waals surface area (Å²) in [6.07, 6.45) is 0.568. The van der Waals surface area contributed by atoms with Gasteiger partial charge in [0.25, 0.3) is 5.91 Å². The van der Waals surface area contributed by atoms with Gasteiger partial charge in [0.15, 0.2) is 0 Å². The van der Waals surface area contributed by atoms with Crippen molar-refractivity contribution in [3.63, 3.8) is 0 Å². The summed E-state index contributed by atoms with van der Waals surface area (Å²) in [7, 11) is 0. The lowest BCUT2D eigenvalue weighted by Gasteiger charge is -2.11. The highest BCUT2D eigenvalue weighted by molar-refractivity contribution is 6.08. The maximum atomic E-state index is 12.8. The van der Waals surface area contributed by atoms with Crippen molar-refractivity contribution in [2.75, 3.05) is 0 Å². The summed E-state index contributed by atoms with van der Waals surface area (Å²) in [6, 6.07) is 4.17. The number of amides is 1. The molecule has 0 N–H and O–H groups in total. The average molecular weight is 177 g/mol. The molecule has 0 aromatic heterocycles. The maximum Gasteiger partial charge on any atom is 0.277 e. The molecule has 1 aliphatic rings. The number of benzene rings is 1. The van der Waals surface area contributed by atoms with Crippen LogP contribution in [0.3, 0.4) is 0 Å². The Hall–Kier alpha value is -1.51. The Morgan fingerprint density at radius 3 is 3.00 bits per heavy atom. The van der Waals surface area contributed by atoms with Crippen LogP contribution in [0.15, 0.2) is 23.2 Å². The average Bonchev–Trinajstić information content (AvgIpc) is 2.02. The van der Waals surface area contributed by atoms with E-state index < -0.39 is 0 Å². The van der Waals surface area contributed by atoms with Gasteiger partial charge in [0.05, 0.1) is 0 Å². The number of nitrogens with zero attached hydrogens (tertiary/aromatic N) is 1. The largest absolute Gasteiger partial charge is 0.277 e. The number of hydrogen-bond donors (Lipinski definition) is 0. The number of hydrogen-bond acceptors (Lipinski definition) is 1. The molecule has 2 nitrogen and oxygen atoms in total. The Balaban J connectivity index is 2.56. The summed E-state index contributed by atoms with van der Waals surface area (Å²) < 4.78 is 12.8. The summed E-state index contributed by atoms with van der Waals surface area (Å²) in [4.78, 5) is 15.1. The van der Waals surface area contributed by atoms with Crippen LogP contribution < -0.4 is 0 Å². The smallest absolute Gasteiger partial charge is 0.267 e. The van der Waals surface area contributed by atoms with E-state index in [-0.39, 0.29) is 11.7 Å². The number of rotatable bonds is 0. The highest BCUT2D eigenvalue weighted by Crippen LogP contribution is 2.17. The van der Waals surface area contributed by atoms with Gasteiger partial charge in [0.1, 0.15) is 5.82 Å². The predicted molar refractivity (Wildman–Crippen MR) is 47.5 cm³/mol. The topological polar surface area (TPSA) is 29.4 Å². The van der Waals surface area contributed by atoms with E-state index in [0.717, 1.165) is 11.3 Å². The molecule has 1 aliphatic heterocycles. The highest BCUT2D eigenvalue weighted by Gasteiger charge is 2.17. The third-order valence-electron chi connectivity index (χ3n) is 2.04. The van der Waals surface area contributed by atoms with Gasteiger partial charge in [-0.05, 0) is 30.7 Å². The first-order chi connectivity index (χ1) is 6.16. The molecule has 0 saturated heterocycles. The van der Waals surface area contributed by atoms with Crippen molar-refractivity contribution in [3.8, 4) is 0 Å². The number of carbonyl (C=O) groups is 1. The summed E-state index contributed by atoms with van der Waals surface area (Å²) in [5, 5.41) is 0. The summed E-state index contributed by atoms with van der Waals surface area (Å²) in [6.45, 7) is 1.77. The molecule has 1 aromatic rings. The number of carbonyl (C=O) groups excluding carboxylic acids is 1. The second kappa shape index (κ2) is 2.76. The SMILES string of the molecule is CC1=NC(=O)c2ccc(F)cc2C1. The van der Waals surface area contributed by atoms with E-state index in [1.54, 1.807) is 6.92 Å². The molecule has 13 heavy (non-hydrogen) atoms. The second-order valence-corrected chi connectivity index (χ2v) is 3.13. The molecule has 0 spiro atoms. The van der Waals surface area contributed by atoms with E-state index in [1.807, 2.05) is 0 Å². The lowest BCUT2D eigenvalue weighted by Crippen LogP contribution is -2.14. The fraction of sp³-hybridized carbons (Fsp3) is 0.200. The molecule has 1 aromatic carbocycles. The Bertz CT molecular complexity index is 409. The lowest BCUT2D eigenvalue weighted by atomic mass is 9.99. The maximum absolute atomic E-state index is 12.8. The van der Waals surface area contributed by atoms with E-state index in [1.165, 1.54) is 18.2 Å². The molecule has 0 aliphatic carbocycles. The van der Waals surface area contributed by atoms with Crippen molar-refractivity contribution in [2.45, 2.75) is 13.3 Å². The zero-order chi connectivity index (χ0) is 9.42. The van der Waals surface area contributed by atoms with Crippen LogP contribution in [-0.4, -0.2) is 11.6 Å². The van der Waals surface area contributed by atoms with Crippen LogP contribution in [0.5, 0.6) is 0 Å². The van der Waals surface area contributed by atoms with Crippen LogP contribution >= 0.6 is 0 Å². The van der Waals surface area contributed by atoms with Crippen molar-refractivity contribution < 1.29 is 9.18 Å². The molecule has 3 heteroatoms. The molecule has 2 rings (SSSR count). The highest BCUT2D eigenvalue weighted by atomic mass is 19.1. The first-order valence-electron chi connectivity index (χ1n) is 4.04. The predicted octanol–water partition coefficient (Wildman–Crippen LogP) is 1.98. The van der Waals surface area contributed by atoms with Crippen molar-refractivity contribution in [2.24, 2.45) is 4.99 Å². The fourth-order valence-corrected chi connectivity index (χ4v) is 1.47. The zero-order valence-corrected chi connectivity index (χ0v) is 7.17. The van der Waals surface area contributed by atoms with E-state index in [2.05, 4.69) is 4.99 Å². The molecule has 1 amide bonds. The minimum Gasteiger partial charge on any atom is -0.267 e. The van der Waals surface area contributed by atoms with Crippen LogP contribution in [0.1, 0.15) is 22.8 Å². The van der Waals surface area contributed by atoms with Gasteiger partial charge in [-0.25, -0.2) is 9.38 Å². The van der Waals surface area contributed by atoms with Crippen molar-refractivity contribution >= 4 is 11.6 Å². The summed E-state index contributed by atoms with van der Waals surface area (Å²) >= 11 is 0. The molecule has 0 atom stereocenters. The third-order valence-corrected chi connectivity index (χ3v) is 2.04. The van der Waals surface area contributed by atoms with Crippen LogP contribution in [0.2, 0.25) is 0 Å². The first kappa shape index (κ1) is 8.10. The van der Waals surface area contributed by atoms with Crippen LogP contribution in [0.4, 0.5) is 4.39 Å². The van der Waals surface area contributed by atoms with Gasteiger partial charge in [-0.1, -0.05) is 0 Å². The van der Waals surface area contributed by atoms with Crippen molar-refractivity contribution in [1.29, 1.82) is 0 Å². The summed E-state index contributed by atoms with van der Waals surface area (Å²) in [5.41, 5.74) is 1.99. The Labute approximate surface area is 75.1 Å². The van der Waals surface area contributed by atoms with Gasteiger partial charge >= 0.3 is 0 Å². The van der Waals surface area contributed by atoms with Gasteiger partial charge in [-0.2, -0.15) is 0 Å². The van der Waals surface area contributed by atoms with Gasteiger partial charge < -0.3 is 0 Å². The minimum atomic E-state index is -0.304. The molecular formula is C10H8FNO. The number of aliphatic imine (C=N–C) groups is 1. The van der Waals surface area contributed by atoms with Gasteiger partial charge in [-0.15, -0.1) is 0 Å². The molecule has 0 unspecified atom stereocenters. The van der Waals surface area contributed by atoms with E-state index in [9.17, 15) is 9.18 Å². The zero-order valence-electron chi connectivity index (χ0n) is 7.17. The summed E-state index contributed by atoms with van der Waals surface area (Å²) in [5.74, 6) is -0.569. The molecular weight excluding hydrogens is 169 g/mol. The van der Waals surface area contributed by atoms with Crippen molar-refractivity contribution in [1.82, 2.24) is 0 Å². The van der Waals surface area contributed by atoms with Gasteiger partial charge in [0, 0.05) is 17.7 Å². The Kier molecular flexibility index (Phi) is 1.72. The first-order valence-corrected chi connectivity index (χ1v) is 4.04. The normalized spacial score (nSPS) is 15.2. The van der Waals surface area contributed by atoms with Gasteiger partial charge in [-0.3, -0.25) is 4.79 Å². The Morgan fingerprint density at radius 2 is 2.23 bits per heavy atom. The monoisotopic (exact) mass is 177 g/mol. The molecule has 0 bridgehead atoms. The lowest BCUT2D eigenvalue weighted by molar-refractivity contribution is 0.1000. The number of fused-ring (bicyclic) bond motifs is 1.